The van der Waals surface area contributed by atoms with Gasteiger partial charge in [-0.05, 0) is 24.3 Å². The molecule has 1 heterocycles. The molecule has 8 nitrogen and oxygen atoms in total. The van der Waals surface area contributed by atoms with Crippen LogP contribution >= 0.6 is 0 Å². The molecule has 1 aliphatic heterocycles. The van der Waals surface area contributed by atoms with Crippen LogP contribution < -0.4 is 74.7 Å². The number of benzene rings is 1. The summed E-state index contributed by atoms with van der Waals surface area (Å²) in [4.78, 5) is 21.8. The number of carbonyl (C=O) groups excluding carboxylic acids is 2. The maximum Gasteiger partial charge on any atom is 1.00 e. The van der Waals surface area contributed by atoms with Gasteiger partial charge in [-0.25, -0.2) is 18.9 Å². The van der Waals surface area contributed by atoms with Gasteiger partial charge in [-0.15, -0.1) is 0 Å². The van der Waals surface area contributed by atoms with Gasteiger partial charge >= 0.3 is 59.1 Å². The predicted molar refractivity (Wildman–Crippen MR) is 58.4 cm³/mol. The Morgan fingerprint density at radius 1 is 1.24 bits per heavy atom. The van der Waals surface area contributed by atoms with Gasteiger partial charge in [0.2, 0.25) is 5.91 Å². The Bertz CT molecular complexity index is 633. The molecule has 1 aromatic carbocycles. The summed E-state index contributed by atoms with van der Waals surface area (Å²) in [5.74, 6) is -1.90. The van der Waals surface area contributed by atoms with Crippen LogP contribution in [-0.2, 0) is 19.7 Å². The number of hydrogen-bond acceptors (Lipinski definition) is 7. The molecule has 11 heteroatoms. The van der Waals surface area contributed by atoms with Gasteiger partial charge < -0.3 is 14.5 Å². The average molecular weight is 330 g/mol. The van der Waals surface area contributed by atoms with E-state index in [1.165, 1.54) is 12.1 Å². The molecule has 0 saturated carbocycles. The SMILES string of the molecule is O=C([O-])C1CC(=O)N(c2ccc(S(=O)(=O)[O-])cc2)N1.[Na+].[Na+]. The van der Waals surface area contributed by atoms with Crippen molar-refractivity contribution in [2.75, 3.05) is 5.01 Å². The molecule has 1 aromatic rings. The molecule has 0 radical (unpaired) electrons. The first kappa shape index (κ1) is 21.0. The number of rotatable bonds is 3. The van der Waals surface area contributed by atoms with E-state index in [1.807, 2.05) is 0 Å². The van der Waals surface area contributed by atoms with Crippen molar-refractivity contribution < 1.29 is 86.8 Å². The number of anilines is 1. The molecule has 102 valence electrons. The number of carboxylic acid groups (broad SMARTS) is 1. The molecule has 1 atom stereocenters. The Morgan fingerprint density at radius 2 is 1.76 bits per heavy atom. The minimum absolute atomic E-state index is 0. The van der Waals surface area contributed by atoms with Gasteiger partial charge in [-0.2, -0.15) is 0 Å². The van der Waals surface area contributed by atoms with Crippen LogP contribution in [0.15, 0.2) is 29.2 Å². The zero-order valence-corrected chi connectivity index (χ0v) is 16.2. The van der Waals surface area contributed by atoms with E-state index in [-0.39, 0.29) is 71.2 Å². The topological polar surface area (TPSA) is 130 Å². The normalized spacial score (nSPS) is 17.9. The quantitative estimate of drug-likeness (QED) is 0.430. The van der Waals surface area contributed by atoms with E-state index in [4.69, 9.17) is 0 Å². The van der Waals surface area contributed by atoms with Crippen molar-refractivity contribution in [3.05, 3.63) is 24.3 Å². The van der Waals surface area contributed by atoms with Crippen LogP contribution in [0, 0.1) is 0 Å². The van der Waals surface area contributed by atoms with Crippen LogP contribution in [0.3, 0.4) is 0 Å². The van der Waals surface area contributed by atoms with Crippen LogP contribution in [0.2, 0.25) is 0 Å². The van der Waals surface area contributed by atoms with Gasteiger partial charge in [0.25, 0.3) is 0 Å². The Hall–Kier alpha value is 0.0300. The molecule has 1 aliphatic rings. The number of nitrogens with one attached hydrogen (secondary N) is 1. The van der Waals surface area contributed by atoms with Crippen molar-refractivity contribution in [2.24, 2.45) is 0 Å². The molecule has 1 N–H and O–H groups in total. The minimum atomic E-state index is -4.56. The van der Waals surface area contributed by atoms with Gasteiger partial charge in [0.05, 0.1) is 29.0 Å². The predicted octanol–water partition coefficient (Wildman–Crippen LogP) is -8.04. The van der Waals surface area contributed by atoms with E-state index in [9.17, 15) is 27.7 Å². The van der Waals surface area contributed by atoms with Crippen molar-refractivity contribution >= 4 is 27.7 Å². The third kappa shape index (κ3) is 5.02. The van der Waals surface area contributed by atoms with E-state index < -0.39 is 32.9 Å². The molecule has 0 bridgehead atoms. The second kappa shape index (κ2) is 8.04. The summed E-state index contributed by atoms with van der Waals surface area (Å²) in [5, 5.41) is 11.6. The maximum absolute atomic E-state index is 11.6. The first-order valence-corrected chi connectivity index (χ1v) is 6.56. The average Bonchev–Trinajstić information content (AvgIpc) is 2.70. The van der Waals surface area contributed by atoms with Crippen LogP contribution in [0.25, 0.3) is 0 Å². The third-order valence-electron chi connectivity index (χ3n) is 2.58. The van der Waals surface area contributed by atoms with Gasteiger partial charge in [0.1, 0.15) is 10.1 Å². The molecule has 1 unspecified atom stereocenters. The number of nitrogens with zero attached hydrogens (tertiary/aromatic N) is 1. The Kier molecular flexibility index (Phi) is 8.06. The molecule has 1 fully saturated rings. The number of amides is 1. The second-order valence-electron chi connectivity index (χ2n) is 3.88. The van der Waals surface area contributed by atoms with Gasteiger partial charge in [0.15, 0.2) is 0 Å². The summed E-state index contributed by atoms with van der Waals surface area (Å²) < 4.78 is 32.2. The Morgan fingerprint density at radius 3 is 2.14 bits per heavy atom. The minimum Gasteiger partial charge on any atom is -0.744 e. The fourth-order valence-corrected chi connectivity index (χ4v) is 2.13. The summed E-state index contributed by atoms with van der Waals surface area (Å²) in [6.07, 6.45) is -0.260. The molecule has 0 aliphatic carbocycles. The van der Waals surface area contributed by atoms with E-state index >= 15 is 0 Å². The molecule has 0 spiro atoms. The number of carboxylic acids is 1. The van der Waals surface area contributed by atoms with Crippen LogP contribution in [-0.4, -0.2) is 30.9 Å². The van der Waals surface area contributed by atoms with Gasteiger partial charge in [-0.1, -0.05) is 0 Å². The van der Waals surface area contributed by atoms with Crippen LogP contribution in [0.1, 0.15) is 6.42 Å². The number of hydrogen-bond donors (Lipinski definition) is 1. The molecule has 21 heavy (non-hydrogen) atoms. The van der Waals surface area contributed by atoms with E-state index in [0.717, 1.165) is 17.1 Å². The standard InChI is InChI=1S/C10H10N2O6S.2Na/c13-9-5-8(10(14)15)11-12(9)6-1-3-7(4-2-6)19(16,17)18;;/h1-4,8,11H,5H2,(H,14,15)(H,16,17,18);;/q;2*+1/p-2. The molecular formula is C10H8N2Na2O6S. The van der Waals surface area contributed by atoms with Crippen molar-refractivity contribution in [3.63, 3.8) is 0 Å². The smallest absolute Gasteiger partial charge is 0.744 e. The van der Waals surface area contributed by atoms with Gasteiger partial charge in [0, 0.05) is 0 Å². The molecule has 1 amide bonds. The summed E-state index contributed by atoms with van der Waals surface area (Å²) in [5.41, 5.74) is 2.65. The van der Waals surface area contributed by atoms with Gasteiger partial charge in [-0.3, -0.25) is 4.79 Å². The monoisotopic (exact) mass is 330 g/mol. The zero-order valence-electron chi connectivity index (χ0n) is 11.4. The van der Waals surface area contributed by atoms with Crippen LogP contribution in [0.5, 0.6) is 0 Å². The third-order valence-corrected chi connectivity index (χ3v) is 3.43. The first-order chi connectivity index (χ1) is 8.79. The largest absolute Gasteiger partial charge is 1.00 e. The fourth-order valence-electron chi connectivity index (χ4n) is 1.66. The second-order valence-corrected chi connectivity index (χ2v) is 5.26. The summed E-state index contributed by atoms with van der Waals surface area (Å²) in [6, 6.07) is 3.41. The van der Waals surface area contributed by atoms with Crippen molar-refractivity contribution in [2.45, 2.75) is 17.4 Å². The summed E-state index contributed by atoms with van der Waals surface area (Å²) >= 11 is 0. The first-order valence-electron chi connectivity index (χ1n) is 5.15. The summed E-state index contributed by atoms with van der Waals surface area (Å²) in [6.45, 7) is 0. The molecule has 2 rings (SSSR count). The Balaban J connectivity index is 0.00000200. The maximum atomic E-state index is 11.6. The van der Waals surface area contributed by atoms with E-state index in [1.54, 1.807) is 0 Å². The van der Waals surface area contributed by atoms with Crippen LogP contribution in [0.4, 0.5) is 5.69 Å². The number of hydrazine groups is 1. The summed E-state index contributed by atoms with van der Waals surface area (Å²) in [7, 11) is -4.56. The van der Waals surface area contributed by atoms with E-state index in [0.29, 0.717) is 0 Å². The van der Waals surface area contributed by atoms with E-state index in [2.05, 4.69) is 5.43 Å². The Labute approximate surface area is 165 Å². The van der Waals surface area contributed by atoms with Crippen molar-refractivity contribution in [1.29, 1.82) is 0 Å². The fraction of sp³-hybridized carbons (Fsp3) is 0.200. The van der Waals surface area contributed by atoms with Crippen molar-refractivity contribution in [3.8, 4) is 0 Å². The molecular weight excluding hydrogens is 322 g/mol. The molecule has 0 aromatic heterocycles. The zero-order chi connectivity index (χ0) is 14.2. The van der Waals surface area contributed by atoms with Crippen molar-refractivity contribution in [1.82, 2.24) is 5.43 Å². The number of aliphatic carboxylic acids is 1. The molecule has 1 saturated heterocycles. The number of carbonyl (C=O) groups is 2.